The summed E-state index contributed by atoms with van der Waals surface area (Å²) in [6, 6.07) is 13.6. The number of aldehydes is 1. The molecule has 0 aliphatic rings. The monoisotopic (exact) mass is 584 g/mol. The SMILES string of the molecule is O=Cc1ccc(N=Nc2ccc(C(=O)NCCOCCOCCNC(=O)CCCCCCCCCCS)cc2)cc1. The largest absolute Gasteiger partial charge is 0.377 e. The van der Waals surface area contributed by atoms with Gasteiger partial charge in [-0.15, -0.1) is 0 Å². The minimum absolute atomic E-state index is 0.0793. The van der Waals surface area contributed by atoms with E-state index in [1.54, 1.807) is 48.5 Å². The summed E-state index contributed by atoms with van der Waals surface area (Å²) < 4.78 is 11.0. The number of rotatable bonds is 23. The Morgan fingerprint density at radius 2 is 1.20 bits per heavy atom. The molecule has 10 heteroatoms. The number of ether oxygens (including phenoxy) is 2. The number of amides is 2. The number of azo groups is 1. The summed E-state index contributed by atoms with van der Waals surface area (Å²) in [5.41, 5.74) is 2.34. The van der Waals surface area contributed by atoms with Gasteiger partial charge in [0.25, 0.3) is 5.91 Å². The number of carbonyl (C=O) groups is 3. The van der Waals surface area contributed by atoms with Crippen LogP contribution < -0.4 is 10.6 Å². The Morgan fingerprint density at radius 3 is 1.76 bits per heavy atom. The average Bonchev–Trinajstić information content (AvgIpc) is 3.00. The van der Waals surface area contributed by atoms with Gasteiger partial charge < -0.3 is 20.1 Å². The van der Waals surface area contributed by atoms with Crippen molar-refractivity contribution in [3.05, 3.63) is 59.7 Å². The fourth-order valence-corrected chi connectivity index (χ4v) is 4.11. The molecule has 0 atom stereocenters. The van der Waals surface area contributed by atoms with Crippen LogP contribution in [0.5, 0.6) is 0 Å². The highest BCUT2D eigenvalue weighted by Crippen LogP contribution is 2.19. The van der Waals surface area contributed by atoms with Crippen molar-refractivity contribution in [2.75, 3.05) is 45.3 Å². The molecule has 0 aliphatic heterocycles. The molecule has 0 bridgehead atoms. The maximum atomic E-state index is 12.3. The highest BCUT2D eigenvalue weighted by Gasteiger charge is 2.05. The molecular formula is C31H44N4O5S. The van der Waals surface area contributed by atoms with Crippen LogP contribution in [0.2, 0.25) is 0 Å². The molecule has 224 valence electrons. The number of hydrogen-bond donors (Lipinski definition) is 3. The zero-order valence-corrected chi connectivity index (χ0v) is 24.8. The quantitative estimate of drug-likeness (QED) is 0.0619. The Hall–Kier alpha value is -3.08. The standard InChI is InChI=1S/C31H44N4O5S/c36-25-26-10-14-28(15-11-26)34-35-29-16-12-27(13-17-29)31(38)33-19-21-40-23-22-39-20-18-32-30(37)9-7-5-3-1-2-4-6-8-24-41/h10-17,25,41H,1-9,18-24H2,(H,32,37)(H,33,38). The van der Waals surface area contributed by atoms with Crippen LogP contribution in [0.25, 0.3) is 0 Å². The van der Waals surface area contributed by atoms with Crippen LogP contribution >= 0.6 is 12.6 Å². The van der Waals surface area contributed by atoms with Gasteiger partial charge in [0.05, 0.1) is 37.8 Å². The van der Waals surface area contributed by atoms with Gasteiger partial charge >= 0.3 is 0 Å². The van der Waals surface area contributed by atoms with Crippen molar-refractivity contribution in [1.29, 1.82) is 0 Å². The summed E-state index contributed by atoms with van der Waals surface area (Å²) in [5.74, 6) is 0.858. The molecule has 0 unspecified atom stereocenters. The van der Waals surface area contributed by atoms with Gasteiger partial charge in [0.15, 0.2) is 0 Å². The Morgan fingerprint density at radius 1 is 0.683 bits per heavy atom. The molecule has 0 heterocycles. The van der Waals surface area contributed by atoms with Crippen LogP contribution in [-0.4, -0.2) is 63.4 Å². The lowest BCUT2D eigenvalue weighted by molar-refractivity contribution is -0.121. The molecule has 2 amide bonds. The number of nitrogens with one attached hydrogen (secondary N) is 2. The van der Waals surface area contributed by atoms with Crippen LogP contribution in [0, 0.1) is 0 Å². The van der Waals surface area contributed by atoms with Gasteiger partial charge in [0.2, 0.25) is 5.91 Å². The Labute approximate surface area is 249 Å². The molecule has 0 radical (unpaired) electrons. The Balaban J connectivity index is 1.42. The van der Waals surface area contributed by atoms with E-state index in [4.69, 9.17) is 9.47 Å². The summed E-state index contributed by atoms with van der Waals surface area (Å²) in [5, 5.41) is 14.0. The first-order chi connectivity index (χ1) is 20.1. The van der Waals surface area contributed by atoms with Crippen molar-refractivity contribution in [3.63, 3.8) is 0 Å². The van der Waals surface area contributed by atoms with Crippen LogP contribution in [0.3, 0.4) is 0 Å². The van der Waals surface area contributed by atoms with E-state index in [0.29, 0.717) is 68.4 Å². The smallest absolute Gasteiger partial charge is 0.251 e. The van der Waals surface area contributed by atoms with Gasteiger partial charge in [-0.3, -0.25) is 14.4 Å². The summed E-state index contributed by atoms with van der Waals surface area (Å²) in [6.07, 6.45) is 10.9. The number of carbonyl (C=O) groups excluding carboxylic acids is 3. The topological polar surface area (TPSA) is 118 Å². The van der Waals surface area contributed by atoms with Gasteiger partial charge in [-0.2, -0.15) is 22.9 Å². The van der Waals surface area contributed by atoms with E-state index in [-0.39, 0.29) is 11.8 Å². The third-order valence-corrected chi connectivity index (χ3v) is 6.54. The number of hydrogen-bond acceptors (Lipinski definition) is 8. The number of nitrogens with zero attached hydrogens (tertiary/aromatic N) is 2. The lowest BCUT2D eigenvalue weighted by atomic mass is 10.1. The lowest BCUT2D eigenvalue weighted by Gasteiger charge is -2.08. The third-order valence-electron chi connectivity index (χ3n) is 6.22. The third kappa shape index (κ3) is 16.7. The van der Waals surface area contributed by atoms with E-state index < -0.39 is 0 Å². The minimum Gasteiger partial charge on any atom is -0.377 e. The molecule has 2 N–H and O–H groups in total. The summed E-state index contributed by atoms with van der Waals surface area (Å²) in [6.45, 7) is 2.53. The number of unbranched alkanes of at least 4 members (excludes halogenated alkanes) is 7. The normalized spacial score (nSPS) is 11.0. The molecule has 0 fully saturated rings. The van der Waals surface area contributed by atoms with Crippen LogP contribution in [0.1, 0.15) is 78.5 Å². The first kappa shape index (κ1) is 34.1. The highest BCUT2D eigenvalue weighted by molar-refractivity contribution is 7.80. The molecule has 0 aromatic heterocycles. The van der Waals surface area contributed by atoms with E-state index in [2.05, 4.69) is 33.5 Å². The predicted molar refractivity (Wildman–Crippen MR) is 165 cm³/mol. The maximum Gasteiger partial charge on any atom is 0.251 e. The number of benzene rings is 2. The summed E-state index contributed by atoms with van der Waals surface area (Å²) in [7, 11) is 0. The second-order valence-corrected chi connectivity index (χ2v) is 10.0. The van der Waals surface area contributed by atoms with Crippen molar-refractivity contribution >= 4 is 42.1 Å². The average molecular weight is 585 g/mol. The zero-order valence-electron chi connectivity index (χ0n) is 23.9. The molecular weight excluding hydrogens is 540 g/mol. The van der Waals surface area contributed by atoms with Crippen molar-refractivity contribution in [3.8, 4) is 0 Å². The van der Waals surface area contributed by atoms with Crippen LogP contribution in [0.4, 0.5) is 11.4 Å². The Kier molecular flexibility index (Phi) is 18.8. The molecule has 2 aromatic carbocycles. The molecule has 41 heavy (non-hydrogen) atoms. The molecule has 2 rings (SSSR count). The lowest BCUT2D eigenvalue weighted by Crippen LogP contribution is -2.28. The molecule has 2 aromatic rings. The molecule has 0 saturated carbocycles. The summed E-state index contributed by atoms with van der Waals surface area (Å²) in [4.78, 5) is 34.9. The van der Waals surface area contributed by atoms with Gasteiger partial charge in [0, 0.05) is 30.6 Å². The van der Waals surface area contributed by atoms with Crippen molar-refractivity contribution < 1.29 is 23.9 Å². The highest BCUT2D eigenvalue weighted by atomic mass is 32.1. The first-order valence-corrected chi connectivity index (χ1v) is 15.1. The van der Waals surface area contributed by atoms with E-state index >= 15 is 0 Å². The van der Waals surface area contributed by atoms with Gasteiger partial charge in [-0.05, 0) is 67.1 Å². The minimum atomic E-state index is -0.201. The van der Waals surface area contributed by atoms with E-state index in [1.807, 2.05) is 0 Å². The van der Waals surface area contributed by atoms with Crippen molar-refractivity contribution in [2.45, 2.75) is 57.8 Å². The molecule has 0 spiro atoms. The molecule has 9 nitrogen and oxygen atoms in total. The first-order valence-electron chi connectivity index (χ1n) is 14.5. The Bertz CT molecular complexity index is 1030. The fraction of sp³-hybridized carbons (Fsp3) is 0.516. The number of thiol groups is 1. The van der Waals surface area contributed by atoms with Crippen LogP contribution in [-0.2, 0) is 14.3 Å². The van der Waals surface area contributed by atoms with Gasteiger partial charge in [-0.25, -0.2) is 0 Å². The van der Waals surface area contributed by atoms with Crippen LogP contribution in [0.15, 0.2) is 58.8 Å². The molecule has 0 aliphatic carbocycles. The van der Waals surface area contributed by atoms with E-state index in [9.17, 15) is 14.4 Å². The van der Waals surface area contributed by atoms with Crippen molar-refractivity contribution in [1.82, 2.24) is 10.6 Å². The van der Waals surface area contributed by atoms with Crippen molar-refractivity contribution in [2.24, 2.45) is 10.2 Å². The second-order valence-electron chi connectivity index (χ2n) is 9.59. The summed E-state index contributed by atoms with van der Waals surface area (Å²) >= 11 is 4.23. The maximum absolute atomic E-state index is 12.3. The van der Waals surface area contributed by atoms with Gasteiger partial charge in [0.1, 0.15) is 6.29 Å². The van der Waals surface area contributed by atoms with E-state index in [1.165, 1.54) is 38.5 Å². The fourth-order valence-electron chi connectivity index (χ4n) is 3.88. The van der Waals surface area contributed by atoms with Gasteiger partial charge in [-0.1, -0.05) is 38.5 Å². The van der Waals surface area contributed by atoms with E-state index in [0.717, 1.165) is 24.9 Å². The second kappa shape index (κ2) is 22.6. The zero-order chi connectivity index (χ0) is 29.4. The molecule has 0 saturated heterocycles. The predicted octanol–water partition coefficient (Wildman–Crippen LogP) is 6.23.